The summed E-state index contributed by atoms with van der Waals surface area (Å²) in [6.45, 7) is 1.09. The fourth-order valence-corrected chi connectivity index (χ4v) is 3.73. The molecule has 1 saturated heterocycles. The van der Waals surface area contributed by atoms with Gasteiger partial charge in [-0.15, -0.1) is 0 Å². The molecule has 1 aliphatic heterocycles. The van der Waals surface area contributed by atoms with Gasteiger partial charge in [0, 0.05) is 24.2 Å². The summed E-state index contributed by atoms with van der Waals surface area (Å²) < 4.78 is 7.48. The quantitative estimate of drug-likeness (QED) is 0.733. The standard InChI is InChI=1S/C19H20N4O2/c24-17(12-22-11-9-13-4-1-2-5-15(13)22)23-10-3-6-16(23)19-20-18(21-25-19)14-7-8-14/h1-2,4-5,9,11,14,16H,3,6-8,10,12H2. The van der Waals surface area contributed by atoms with Crippen molar-refractivity contribution in [3.05, 3.63) is 48.2 Å². The lowest BCUT2D eigenvalue weighted by atomic mass is 10.2. The Hall–Kier alpha value is -2.63. The predicted molar refractivity (Wildman–Crippen MR) is 91.9 cm³/mol. The number of hydrogen-bond acceptors (Lipinski definition) is 4. The first kappa shape index (κ1) is 14.7. The molecule has 2 fully saturated rings. The van der Waals surface area contributed by atoms with Crippen molar-refractivity contribution in [2.75, 3.05) is 6.54 Å². The van der Waals surface area contributed by atoms with Crippen molar-refractivity contribution >= 4 is 16.8 Å². The molecule has 6 heteroatoms. The van der Waals surface area contributed by atoms with E-state index in [-0.39, 0.29) is 11.9 Å². The van der Waals surface area contributed by atoms with E-state index in [4.69, 9.17) is 4.52 Å². The zero-order valence-corrected chi connectivity index (χ0v) is 14.0. The average Bonchev–Trinajstić information content (AvgIpc) is 3.04. The zero-order chi connectivity index (χ0) is 16.8. The Morgan fingerprint density at radius 1 is 1.20 bits per heavy atom. The monoisotopic (exact) mass is 336 g/mol. The molecule has 1 aliphatic carbocycles. The van der Waals surface area contributed by atoms with Crippen LogP contribution >= 0.6 is 0 Å². The maximum atomic E-state index is 12.9. The summed E-state index contributed by atoms with van der Waals surface area (Å²) in [4.78, 5) is 19.4. The highest BCUT2D eigenvalue weighted by Gasteiger charge is 2.36. The molecule has 3 aromatic rings. The summed E-state index contributed by atoms with van der Waals surface area (Å²) in [5, 5.41) is 5.26. The third-order valence-electron chi connectivity index (χ3n) is 5.24. The van der Waals surface area contributed by atoms with Crippen molar-refractivity contribution in [3.63, 3.8) is 0 Å². The van der Waals surface area contributed by atoms with Crippen molar-refractivity contribution < 1.29 is 9.32 Å². The van der Waals surface area contributed by atoms with Gasteiger partial charge in [0.1, 0.15) is 12.6 Å². The number of rotatable bonds is 4. The lowest BCUT2D eigenvalue weighted by molar-refractivity contribution is -0.133. The van der Waals surface area contributed by atoms with Crippen LogP contribution in [0.15, 0.2) is 41.1 Å². The summed E-state index contributed by atoms with van der Waals surface area (Å²) >= 11 is 0. The van der Waals surface area contributed by atoms with Crippen LogP contribution < -0.4 is 0 Å². The van der Waals surface area contributed by atoms with Gasteiger partial charge in [0.15, 0.2) is 5.82 Å². The third kappa shape index (κ3) is 2.62. The van der Waals surface area contributed by atoms with Crippen LogP contribution in [0.5, 0.6) is 0 Å². The number of likely N-dealkylation sites (tertiary alicyclic amines) is 1. The zero-order valence-electron chi connectivity index (χ0n) is 14.0. The SMILES string of the molecule is O=C(Cn1ccc2ccccc21)N1CCCC1c1nc(C2CC2)no1. The molecular formula is C19H20N4O2. The Morgan fingerprint density at radius 2 is 2.08 bits per heavy atom. The Kier molecular flexibility index (Phi) is 3.36. The molecule has 2 aromatic heterocycles. The van der Waals surface area contributed by atoms with Gasteiger partial charge < -0.3 is 14.0 Å². The smallest absolute Gasteiger partial charge is 0.249 e. The van der Waals surface area contributed by atoms with Crippen molar-refractivity contribution in [1.29, 1.82) is 0 Å². The number of aromatic nitrogens is 3. The Balaban J connectivity index is 1.36. The fourth-order valence-electron chi connectivity index (χ4n) is 3.73. The molecule has 1 atom stereocenters. The lowest BCUT2D eigenvalue weighted by Crippen LogP contribution is -2.33. The van der Waals surface area contributed by atoms with Crippen LogP contribution in [0.3, 0.4) is 0 Å². The van der Waals surface area contributed by atoms with Crippen molar-refractivity contribution in [1.82, 2.24) is 19.6 Å². The fraction of sp³-hybridized carbons (Fsp3) is 0.421. The minimum Gasteiger partial charge on any atom is -0.338 e. The van der Waals surface area contributed by atoms with Gasteiger partial charge in [0.25, 0.3) is 0 Å². The number of amides is 1. The molecule has 6 nitrogen and oxygen atoms in total. The second-order valence-corrected chi connectivity index (χ2v) is 7.01. The molecule has 128 valence electrons. The van der Waals surface area contributed by atoms with Crippen LogP contribution in [0.25, 0.3) is 10.9 Å². The highest BCUT2D eigenvalue weighted by atomic mass is 16.5. The van der Waals surface area contributed by atoms with E-state index in [1.165, 1.54) is 0 Å². The average molecular weight is 336 g/mol. The van der Waals surface area contributed by atoms with Gasteiger partial charge in [-0.1, -0.05) is 23.4 Å². The predicted octanol–water partition coefficient (Wildman–Crippen LogP) is 3.27. The van der Waals surface area contributed by atoms with E-state index < -0.39 is 0 Å². The summed E-state index contributed by atoms with van der Waals surface area (Å²) in [6.07, 6.45) is 6.14. The van der Waals surface area contributed by atoms with Gasteiger partial charge in [-0.3, -0.25) is 4.79 Å². The second kappa shape index (κ2) is 5.72. The number of fused-ring (bicyclic) bond motifs is 1. The number of hydrogen-bond donors (Lipinski definition) is 0. The van der Waals surface area contributed by atoms with E-state index in [9.17, 15) is 4.79 Å². The highest BCUT2D eigenvalue weighted by molar-refractivity contribution is 5.83. The topological polar surface area (TPSA) is 64.2 Å². The third-order valence-corrected chi connectivity index (χ3v) is 5.24. The number of carbonyl (C=O) groups is 1. The Morgan fingerprint density at radius 3 is 2.96 bits per heavy atom. The van der Waals surface area contributed by atoms with Crippen LogP contribution in [-0.2, 0) is 11.3 Å². The van der Waals surface area contributed by atoms with E-state index in [0.717, 1.165) is 49.0 Å². The van der Waals surface area contributed by atoms with Crippen molar-refractivity contribution in [3.8, 4) is 0 Å². The number of benzene rings is 1. The molecular weight excluding hydrogens is 316 g/mol. The second-order valence-electron chi connectivity index (χ2n) is 7.01. The lowest BCUT2D eigenvalue weighted by Gasteiger charge is -2.22. The van der Waals surface area contributed by atoms with Gasteiger partial charge in [-0.05, 0) is 43.2 Å². The first-order valence-electron chi connectivity index (χ1n) is 8.96. The van der Waals surface area contributed by atoms with Gasteiger partial charge in [0.05, 0.1) is 0 Å². The minimum absolute atomic E-state index is 0.0747. The molecule has 2 aliphatic rings. The largest absolute Gasteiger partial charge is 0.338 e. The van der Waals surface area contributed by atoms with Gasteiger partial charge in [0.2, 0.25) is 11.8 Å². The molecule has 1 aromatic carbocycles. The minimum atomic E-state index is -0.0747. The van der Waals surface area contributed by atoms with Crippen LogP contribution in [0.1, 0.15) is 49.4 Å². The Bertz CT molecular complexity index is 924. The molecule has 5 rings (SSSR count). The van der Waals surface area contributed by atoms with E-state index in [0.29, 0.717) is 18.4 Å². The number of para-hydroxylation sites is 1. The first-order chi connectivity index (χ1) is 12.3. The maximum absolute atomic E-state index is 12.9. The summed E-state index contributed by atoms with van der Waals surface area (Å²) in [5.41, 5.74) is 1.08. The molecule has 3 heterocycles. The maximum Gasteiger partial charge on any atom is 0.249 e. The summed E-state index contributed by atoms with van der Waals surface area (Å²) in [5.74, 6) is 1.99. The normalized spacial score (nSPS) is 20.5. The van der Waals surface area contributed by atoms with Gasteiger partial charge in [-0.2, -0.15) is 4.98 Å². The van der Waals surface area contributed by atoms with Crippen LogP contribution in [0.2, 0.25) is 0 Å². The van der Waals surface area contributed by atoms with Crippen molar-refractivity contribution in [2.45, 2.75) is 44.2 Å². The highest BCUT2D eigenvalue weighted by Crippen LogP contribution is 2.39. The van der Waals surface area contributed by atoms with Crippen LogP contribution in [0.4, 0.5) is 0 Å². The molecule has 1 saturated carbocycles. The van der Waals surface area contributed by atoms with E-state index in [1.54, 1.807) is 0 Å². The van der Waals surface area contributed by atoms with E-state index in [1.807, 2.05) is 39.9 Å². The molecule has 1 amide bonds. The van der Waals surface area contributed by atoms with E-state index in [2.05, 4.69) is 16.2 Å². The molecule has 0 bridgehead atoms. The van der Waals surface area contributed by atoms with Gasteiger partial charge in [-0.25, -0.2) is 0 Å². The number of carbonyl (C=O) groups excluding carboxylic acids is 1. The molecule has 0 spiro atoms. The van der Waals surface area contributed by atoms with Crippen molar-refractivity contribution in [2.24, 2.45) is 0 Å². The summed E-state index contributed by atoms with van der Waals surface area (Å²) in [7, 11) is 0. The van der Waals surface area contributed by atoms with Gasteiger partial charge >= 0.3 is 0 Å². The van der Waals surface area contributed by atoms with E-state index >= 15 is 0 Å². The molecule has 0 radical (unpaired) electrons. The first-order valence-corrected chi connectivity index (χ1v) is 8.96. The summed E-state index contributed by atoms with van der Waals surface area (Å²) in [6, 6.07) is 10.1. The number of nitrogens with zero attached hydrogens (tertiary/aromatic N) is 4. The molecule has 25 heavy (non-hydrogen) atoms. The van der Waals surface area contributed by atoms with Crippen LogP contribution in [-0.4, -0.2) is 32.1 Å². The molecule has 1 unspecified atom stereocenters. The molecule has 0 N–H and O–H groups in total. The Labute approximate surface area is 145 Å². The van der Waals surface area contributed by atoms with Crippen LogP contribution in [0, 0.1) is 0 Å².